The molecule has 168 valence electrons. The highest BCUT2D eigenvalue weighted by atomic mass is 35.5. The first kappa shape index (κ1) is 23.9. The largest absolute Gasteiger partial charge is 0.493 e. The van der Waals surface area contributed by atoms with Gasteiger partial charge in [0, 0.05) is 27.8 Å². The molecule has 5 nitrogen and oxygen atoms in total. The molecule has 3 aromatic carbocycles. The van der Waals surface area contributed by atoms with Crippen LogP contribution in [-0.4, -0.2) is 26.2 Å². The first-order valence-corrected chi connectivity index (χ1v) is 11.0. The molecule has 0 aliphatic rings. The summed E-state index contributed by atoms with van der Waals surface area (Å²) in [5.41, 5.74) is 3.78. The van der Waals surface area contributed by atoms with Gasteiger partial charge in [-0.3, -0.25) is 4.79 Å². The molecular weight excluding hydrogens is 447 g/mol. The number of rotatable bonds is 10. The van der Waals surface area contributed by atoms with Crippen LogP contribution in [0.15, 0.2) is 60.7 Å². The zero-order valence-electron chi connectivity index (χ0n) is 18.1. The minimum Gasteiger partial charge on any atom is -0.493 e. The molecule has 0 atom stereocenters. The van der Waals surface area contributed by atoms with Gasteiger partial charge in [-0.05, 0) is 55.8 Å². The lowest BCUT2D eigenvalue weighted by Gasteiger charge is -2.16. The first-order valence-electron chi connectivity index (χ1n) is 10.3. The van der Waals surface area contributed by atoms with E-state index in [1.807, 2.05) is 61.5 Å². The summed E-state index contributed by atoms with van der Waals surface area (Å²) in [7, 11) is 1.58. The average Bonchev–Trinajstić information content (AvgIpc) is 2.78. The van der Waals surface area contributed by atoms with E-state index in [0.29, 0.717) is 34.6 Å². The fourth-order valence-electron chi connectivity index (χ4n) is 3.17. The van der Waals surface area contributed by atoms with Crippen molar-refractivity contribution in [2.45, 2.75) is 19.9 Å². The number of halogens is 2. The predicted molar refractivity (Wildman–Crippen MR) is 130 cm³/mol. The average molecular weight is 473 g/mol. The normalized spacial score (nSPS) is 10.6. The van der Waals surface area contributed by atoms with Crippen LogP contribution in [0, 0.1) is 6.92 Å². The molecule has 0 saturated carbocycles. The fourth-order valence-corrected chi connectivity index (χ4v) is 3.67. The van der Waals surface area contributed by atoms with Gasteiger partial charge in [-0.2, -0.15) is 0 Å². The van der Waals surface area contributed by atoms with Crippen LogP contribution in [0.25, 0.3) is 0 Å². The van der Waals surface area contributed by atoms with Crippen LogP contribution in [0.2, 0.25) is 10.0 Å². The van der Waals surface area contributed by atoms with Gasteiger partial charge < -0.3 is 20.1 Å². The Morgan fingerprint density at radius 2 is 1.78 bits per heavy atom. The predicted octanol–water partition coefficient (Wildman–Crippen LogP) is 5.66. The van der Waals surface area contributed by atoms with Gasteiger partial charge in [0.05, 0.1) is 7.11 Å². The van der Waals surface area contributed by atoms with E-state index in [9.17, 15) is 4.79 Å². The first-order chi connectivity index (χ1) is 15.5. The van der Waals surface area contributed by atoms with Crippen LogP contribution in [0.3, 0.4) is 0 Å². The smallest absolute Gasteiger partial charge is 0.262 e. The Morgan fingerprint density at radius 1 is 1.00 bits per heavy atom. The van der Waals surface area contributed by atoms with E-state index in [4.69, 9.17) is 32.7 Å². The number of aryl methyl sites for hydroxylation is 1. The number of nitrogens with one attached hydrogen (secondary N) is 2. The van der Waals surface area contributed by atoms with Crippen LogP contribution < -0.4 is 20.1 Å². The summed E-state index contributed by atoms with van der Waals surface area (Å²) in [6.07, 6.45) is 0.759. The van der Waals surface area contributed by atoms with Crippen molar-refractivity contribution in [1.29, 1.82) is 0 Å². The molecule has 32 heavy (non-hydrogen) atoms. The third kappa shape index (κ3) is 6.89. The Morgan fingerprint density at radius 3 is 2.50 bits per heavy atom. The quantitative estimate of drug-likeness (QED) is 0.373. The summed E-state index contributed by atoms with van der Waals surface area (Å²) in [6.45, 7) is 3.14. The number of hydrogen-bond donors (Lipinski definition) is 2. The molecule has 0 aliphatic heterocycles. The van der Waals surface area contributed by atoms with Crippen LogP contribution in [0.1, 0.15) is 16.7 Å². The molecule has 1 amide bonds. The van der Waals surface area contributed by atoms with E-state index < -0.39 is 0 Å². The Balaban J connectivity index is 1.57. The number of amides is 1. The zero-order chi connectivity index (χ0) is 22.9. The lowest BCUT2D eigenvalue weighted by molar-refractivity contribution is -0.118. The van der Waals surface area contributed by atoms with Gasteiger partial charge in [0.25, 0.3) is 5.91 Å². The third-order valence-electron chi connectivity index (χ3n) is 4.86. The summed E-state index contributed by atoms with van der Waals surface area (Å²) in [5.74, 6) is 0.885. The number of carbonyl (C=O) groups is 1. The minimum absolute atomic E-state index is 0.123. The molecule has 3 rings (SSSR count). The Hall–Kier alpha value is -2.73. The maximum Gasteiger partial charge on any atom is 0.262 e. The molecule has 0 spiro atoms. The highest BCUT2D eigenvalue weighted by molar-refractivity contribution is 6.35. The van der Waals surface area contributed by atoms with Gasteiger partial charge in [0.15, 0.2) is 18.1 Å². The number of para-hydroxylation sites is 1. The lowest BCUT2D eigenvalue weighted by atomic mass is 10.1. The number of methoxy groups -OCH3 is 1. The Kier molecular flexibility index (Phi) is 8.80. The van der Waals surface area contributed by atoms with Gasteiger partial charge in [0.1, 0.15) is 0 Å². The van der Waals surface area contributed by atoms with E-state index in [2.05, 4.69) is 10.6 Å². The molecule has 3 aromatic rings. The topological polar surface area (TPSA) is 59.6 Å². The van der Waals surface area contributed by atoms with Crippen molar-refractivity contribution >= 4 is 34.8 Å². The van der Waals surface area contributed by atoms with Crippen molar-refractivity contribution < 1.29 is 14.3 Å². The maximum absolute atomic E-state index is 12.3. The summed E-state index contributed by atoms with van der Waals surface area (Å²) in [5, 5.41) is 7.50. The van der Waals surface area contributed by atoms with Gasteiger partial charge in [-0.15, -0.1) is 0 Å². The lowest BCUT2D eigenvalue weighted by Crippen LogP contribution is -2.22. The fraction of sp³-hybridized carbons (Fsp3) is 0.240. The second-order valence-electron chi connectivity index (χ2n) is 7.31. The Bertz CT molecular complexity index is 1060. The van der Waals surface area contributed by atoms with Crippen molar-refractivity contribution in [3.63, 3.8) is 0 Å². The van der Waals surface area contributed by atoms with E-state index >= 15 is 0 Å². The SMILES string of the molecule is COc1cccc(CNCCc2ccc(Cl)cc2Cl)c1OCC(=O)Nc1ccc(C)cc1. The number of ether oxygens (including phenoxy) is 2. The molecule has 0 radical (unpaired) electrons. The van der Waals surface area contributed by atoms with Crippen LogP contribution in [0.5, 0.6) is 11.5 Å². The van der Waals surface area contributed by atoms with E-state index in [1.165, 1.54) is 0 Å². The van der Waals surface area contributed by atoms with E-state index in [1.54, 1.807) is 13.2 Å². The second kappa shape index (κ2) is 11.8. The molecule has 0 unspecified atom stereocenters. The molecule has 0 bridgehead atoms. The molecule has 0 fully saturated rings. The van der Waals surface area contributed by atoms with Crippen molar-refractivity contribution in [3.8, 4) is 11.5 Å². The van der Waals surface area contributed by atoms with Crippen LogP contribution in [0.4, 0.5) is 5.69 Å². The van der Waals surface area contributed by atoms with Crippen molar-refractivity contribution in [3.05, 3.63) is 87.4 Å². The maximum atomic E-state index is 12.3. The van der Waals surface area contributed by atoms with Gasteiger partial charge in [-0.1, -0.05) is 59.1 Å². The molecule has 0 aromatic heterocycles. The number of benzene rings is 3. The van der Waals surface area contributed by atoms with Gasteiger partial charge in [0.2, 0.25) is 0 Å². The second-order valence-corrected chi connectivity index (χ2v) is 8.16. The van der Waals surface area contributed by atoms with E-state index in [-0.39, 0.29) is 12.5 Å². The molecule has 7 heteroatoms. The summed E-state index contributed by atoms with van der Waals surface area (Å²) in [4.78, 5) is 12.3. The van der Waals surface area contributed by atoms with Gasteiger partial charge in [-0.25, -0.2) is 0 Å². The Labute approximate surface area is 198 Å². The summed E-state index contributed by atoms with van der Waals surface area (Å²) < 4.78 is 11.3. The monoisotopic (exact) mass is 472 g/mol. The number of anilines is 1. The highest BCUT2D eigenvalue weighted by Crippen LogP contribution is 2.31. The zero-order valence-corrected chi connectivity index (χ0v) is 19.6. The standard InChI is InChI=1S/C25H26Cl2N2O3/c1-17-6-10-21(11-7-17)29-24(30)16-32-25-19(4-3-5-23(25)31-2)15-28-13-12-18-8-9-20(26)14-22(18)27/h3-11,14,28H,12-13,15-16H2,1-2H3,(H,29,30). The third-order valence-corrected chi connectivity index (χ3v) is 5.45. The van der Waals surface area contributed by atoms with Crippen molar-refractivity contribution in [1.82, 2.24) is 5.32 Å². The molecule has 2 N–H and O–H groups in total. The van der Waals surface area contributed by atoms with Crippen LogP contribution >= 0.6 is 23.2 Å². The minimum atomic E-state index is -0.240. The summed E-state index contributed by atoms with van der Waals surface area (Å²) in [6, 6.07) is 18.8. The molecular formula is C25H26Cl2N2O3. The van der Waals surface area contributed by atoms with Crippen molar-refractivity contribution in [2.24, 2.45) is 0 Å². The van der Waals surface area contributed by atoms with Crippen LogP contribution in [-0.2, 0) is 17.8 Å². The molecule has 0 saturated heterocycles. The number of carbonyl (C=O) groups excluding carboxylic acids is 1. The van der Waals surface area contributed by atoms with Crippen molar-refractivity contribution in [2.75, 3.05) is 25.6 Å². The highest BCUT2D eigenvalue weighted by Gasteiger charge is 2.13. The summed E-state index contributed by atoms with van der Waals surface area (Å²) >= 11 is 12.2. The number of hydrogen-bond acceptors (Lipinski definition) is 4. The molecule has 0 aliphatic carbocycles. The molecule has 0 heterocycles. The van der Waals surface area contributed by atoms with Gasteiger partial charge >= 0.3 is 0 Å². The van der Waals surface area contributed by atoms with E-state index in [0.717, 1.165) is 28.8 Å².